The van der Waals surface area contributed by atoms with E-state index in [4.69, 9.17) is 21.7 Å². The molecule has 0 spiro atoms. The summed E-state index contributed by atoms with van der Waals surface area (Å²) in [5, 5.41) is 4.86. The maximum Gasteiger partial charge on any atom is 0.265 e. The fraction of sp³-hybridized carbons (Fsp3) is 0.148. The third-order valence-corrected chi connectivity index (χ3v) is 5.98. The van der Waals surface area contributed by atoms with Gasteiger partial charge >= 0.3 is 0 Å². The Morgan fingerprint density at radius 2 is 1.85 bits per heavy atom. The topological polar surface area (TPSA) is 67.9 Å². The Morgan fingerprint density at radius 3 is 2.62 bits per heavy atom. The molecule has 6 nitrogen and oxygen atoms in total. The molecule has 2 amide bonds. The van der Waals surface area contributed by atoms with Crippen molar-refractivity contribution in [2.24, 2.45) is 0 Å². The van der Waals surface area contributed by atoms with E-state index in [1.807, 2.05) is 30.3 Å². The number of nitrogens with zero attached hydrogens (tertiary/aromatic N) is 1. The second kappa shape index (κ2) is 9.89. The lowest BCUT2D eigenvalue weighted by atomic mass is 10.0. The van der Waals surface area contributed by atoms with Gasteiger partial charge in [0.2, 0.25) is 0 Å². The van der Waals surface area contributed by atoms with E-state index in [1.165, 1.54) is 18.0 Å². The average Bonchev–Trinajstić information content (AvgIpc) is 2.84. The molecule has 1 fully saturated rings. The van der Waals surface area contributed by atoms with Gasteiger partial charge in [-0.15, -0.1) is 6.58 Å². The maximum absolute atomic E-state index is 12.6. The first-order chi connectivity index (χ1) is 16.4. The van der Waals surface area contributed by atoms with Crippen LogP contribution in [0.15, 0.2) is 72.8 Å². The Hall–Kier alpha value is -3.97. The van der Waals surface area contributed by atoms with Gasteiger partial charge in [0.25, 0.3) is 11.8 Å². The highest BCUT2D eigenvalue weighted by molar-refractivity contribution is 7.80. The van der Waals surface area contributed by atoms with E-state index in [1.54, 1.807) is 19.3 Å². The lowest BCUT2D eigenvalue weighted by molar-refractivity contribution is -0.128. The molecule has 0 unspecified atom stereocenters. The summed E-state index contributed by atoms with van der Waals surface area (Å²) in [6, 6.07) is 17.9. The van der Waals surface area contributed by atoms with E-state index in [-0.39, 0.29) is 10.7 Å². The van der Waals surface area contributed by atoms with Gasteiger partial charge in [-0.25, -0.2) is 0 Å². The van der Waals surface area contributed by atoms with Crippen LogP contribution in [0.4, 0.5) is 0 Å². The summed E-state index contributed by atoms with van der Waals surface area (Å²) in [5.41, 5.74) is 2.51. The molecule has 0 aromatic heterocycles. The van der Waals surface area contributed by atoms with Crippen molar-refractivity contribution in [3.05, 3.63) is 89.5 Å². The number of amides is 2. The van der Waals surface area contributed by atoms with Crippen molar-refractivity contribution in [1.82, 2.24) is 10.2 Å². The number of fused-ring (bicyclic) bond motifs is 1. The fourth-order valence-corrected chi connectivity index (χ4v) is 4.05. The second-order valence-electron chi connectivity index (χ2n) is 7.81. The second-order valence-corrected chi connectivity index (χ2v) is 8.20. The SMILES string of the molecule is C=CCc1cc(/C=C2\C(=O)NC(=S)N(C)C2=O)cc(OC)c1OCc1cccc2ccccc12. The molecule has 0 bridgehead atoms. The number of hydrogen-bond acceptors (Lipinski definition) is 5. The molecule has 0 aliphatic carbocycles. The molecular formula is C27H24N2O4S. The first kappa shape index (κ1) is 23.2. The smallest absolute Gasteiger partial charge is 0.265 e. The van der Waals surface area contributed by atoms with Crippen molar-refractivity contribution in [3.8, 4) is 11.5 Å². The van der Waals surface area contributed by atoms with Gasteiger partial charge in [-0.3, -0.25) is 19.8 Å². The molecule has 0 radical (unpaired) electrons. The highest BCUT2D eigenvalue weighted by atomic mass is 32.1. The molecule has 34 heavy (non-hydrogen) atoms. The predicted octanol–water partition coefficient (Wildman–Crippen LogP) is 4.41. The van der Waals surface area contributed by atoms with Gasteiger partial charge in [-0.2, -0.15) is 0 Å². The summed E-state index contributed by atoms with van der Waals surface area (Å²) in [4.78, 5) is 26.2. The van der Waals surface area contributed by atoms with Crippen LogP contribution in [0.2, 0.25) is 0 Å². The molecule has 1 saturated heterocycles. The minimum atomic E-state index is -0.534. The van der Waals surface area contributed by atoms with Gasteiger partial charge in [-0.05, 0) is 58.7 Å². The monoisotopic (exact) mass is 472 g/mol. The van der Waals surface area contributed by atoms with Gasteiger partial charge in [-0.1, -0.05) is 48.5 Å². The number of ether oxygens (including phenoxy) is 2. The summed E-state index contributed by atoms with van der Waals surface area (Å²) in [7, 11) is 3.07. The lowest BCUT2D eigenvalue weighted by Crippen LogP contribution is -2.52. The minimum absolute atomic E-state index is 0.00729. The molecule has 1 N–H and O–H groups in total. The summed E-state index contributed by atoms with van der Waals surface area (Å²) in [6.45, 7) is 4.20. The summed E-state index contributed by atoms with van der Waals surface area (Å²) in [5.74, 6) is 0.0945. The Balaban J connectivity index is 1.70. The number of likely N-dealkylation sites (N-methyl/N-ethyl adjacent to an activating group) is 1. The number of hydrogen-bond donors (Lipinski definition) is 1. The van der Waals surface area contributed by atoms with E-state index >= 15 is 0 Å². The van der Waals surface area contributed by atoms with Crippen molar-refractivity contribution < 1.29 is 19.1 Å². The Labute approximate surface area is 203 Å². The van der Waals surface area contributed by atoms with Crippen molar-refractivity contribution in [3.63, 3.8) is 0 Å². The van der Waals surface area contributed by atoms with Crippen LogP contribution < -0.4 is 14.8 Å². The quantitative estimate of drug-likeness (QED) is 0.239. The lowest BCUT2D eigenvalue weighted by Gasteiger charge is -2.25. The number of rotatable bonds is 7. The molecular weight excluding hydrogens is 448 g/mol. The van der Waals surface area contributed by atoms with E-state index in [2.05, 4.69) is 30.1 Å². The van der Waals surface area contributed by atoms with Gasteiger partial charge in [0.05, 0.1) is 7.11 Å². The summed E-state index contributed by atoms with van der Waals surface area (Å²) < 4.78 is 11.9. The van der Waals surface area contributed by atoms with Crippen molar-refractivity contribution >= 4 is 46.0 Å². The molecule has 1 heterocycles. The number of carbonyl (C=O) groups is 2. The Kier molecular flexibility index (Phi) is 6.75. The van der Waals surface area contributed by atoms with Crippen LogP contribution in [0.1, 0.15) is 16.7 Å². The van der Waals surface area contributed by atoms with Crippen LogP contribution in [-0.4, -0.2) is 36.0 Å². The molecule has 0 saturated carbocycles. The zero-order valence-electron chi connectivity index (χ0n) is 19.0. The van der Waals surface area contributed by atoms with Gasteiger partial charge < -0.3 is 9.47 Å². The van der Waals surface area contributed by atoms with Gasteiger partial charge in [0, 0.05) is 12.6 Å². The van der Waals surface area contributed by atoms with Crippen LogP contribution in [0.5, 0.6) is 11.5 Å². The first-order valence-electron chi connectivity index (χ1n) is 10.7. The number of thiocarbonyl (C=S) groups is 1. The number of methoxy groups -OCH3 is 1. The van der Waals surface area contributed by atoms with E-state index in [0.717, 1.165) is 21.9 Å². The average molecular weight is 473 g/mol. The molecule has 7 heteroatoms. The van der Waals surface area contributed by atoms with E-state index in [9.17, 15) is 9.59 Å². The Bertz CT molecular complexity index is 1340. The fourth-order valence-electron chi connectivity index (χ4n) is 3.87. The van der Waals surface area contributed by atoms with E-state index < -0.39 is 11.8 Å². The van der Waals surface area contributed by atoms with Crippen LogP contribution in [0.25, 0.3) is 16.8 Å². The van der Waals surface area contributed by atoms with Crippen LogP contribution in [-0.2, 0) is 22.6 Å². The number of allylic oxidation sites excluding steroid dienone is 1. The number of benzene rings is 3. The number of carbonyl (C=O) groups excluding carboxylic acids is 2. The van der Waals surface area contributed by atoms with Gasteiger partial charge in [0.15, 0.2) is 16.6 Å². The molecule has 1 aliphatic heterocycles. The van der Waals surface area contributed by atoms with E-state index in [0.29, 0.717) is 30.1 Å². The zero-order valence-corrected chi connectivity index (χ0v) is 19.8. The normalized spacial score (nSPS) is 14.9. The minimum Gasteiger partial charge on any atom is -0.493 e. The van der Waals surface area contributed by atoms with Crippen molar-refractivity contribution in [2.75, 3.05) is 14.2 Å². The molecule has 3 aromatic rings. The summed E-state index contributed by atoms with van der Waals surface area (Å²) >= 11 is 5.01. The van der Waals surface area contributed by atoms with Crippen LogP contribution >= 0.6 is 12.2 Å². The third-order valence-electron chi connectivity index (χ3n) is 5.61. The van der Waals surface area contributed by atoms with Crippen LogP contribution in [0.3, 0.4) is 0 Å². The molecule has 0 atom stereocenters. The molecule has 4 rings (SSSR count). The zero-order chi connectivity index (χ0) is 24.2. The van der Waals surface area contributed by atoms with Crippen molar-refractivity contribution in [2.45, 2.75) is 13.0 Å². The standard InChI is InChI=1S/C27H24N2O4S/c1-4-8-19-13-17(14-22-25(30)28-27(34)29(2)26(22)31)15-23(32-3)24(19)33-16-20-11-7-10-18-9-5-6-12-21(18)20/h4-7,9-15H,1,8,16H2,2-3H3,(H,28,30,34)/b22-14+. The summed E-state index contributed by atoms with van der Waals surface area (Å²) in [6.07, 6.45) is 3.81. The third kappa shape index (κ3) is 4.56. The maximum atomic E-state index is 12.6. The Morgan fingerprint density at radius 1 is 1.09 bits per heavy atom. The molecule has 172 valence electrons. The highest BCUT2D eigenvalue weighted by Gasteiger charge is 2.31. The molecule has 1 aliphatic rings. The first-order valence-corrected chi connectivity index (χ1v) is 11.1. The van der Waals surface area contributed by atoms with Crippen molar-refractivity contribution in [1.29, 1.82) is 0 Å². The largest absolute Gasteiger partial charge is 0.493 e. The predicted molar refractivity (Wildman–Crippen MR) is 137 cm³/mol. The van der Waals surface area contributed by atoms with Crippen LogP contribution in [0, 0.1) is 0 Å². The highest BCUT2D eigenvalue weighted by Crippen LogP contribution is 2.35. The van der Waals surface area contributed by atoms with Gasteiger partial charge in [0.1, 0.15) is 12.2 Å². The number of nitrogens with one attached hydrogen (secondary N) is 1. The molecule has 3 aromatic carbocycles.